The number of halogens is 3. The van der Waals surface area contributed by atoms with E-state index in [1.54, 1.807) is 20.8 Å². The van der Waals surface area contributed by atoms with Gasteiger partial charge in [-0.2, -0.15) is 25.8 Å². The molecule has 0 fully saturated rings. The third kappa shape index (κ3) is 6.05. The van der Waals surface area contributed by atoms with E-state index in [2.05, 4.69) is 23.3 Å². The molecule has 0 bridgehead atoms. The minimum atomic E-state index is -4.46. The SMILES string of the molecule is CC(C)(C)OC(=O)NCc1ccc(C(F)(F)F)c(NCS)c1. The van der Waals surface area contributed by atoms with Crippen LogP contribution in [0.1, 0.15) is 31.9 Å². The Bertz CT molecular complexity index is 528. The van der Waals surface area contributed by atoms with Crippen LogP contribution in [0.3, 0.4) is 0 Å². The van der Waals surface area contributed by atoms with Crippen LogP contribution < -0.4 is 10.6 Å². The minimum Gasteiger partial charge on any atom is -0.444 e. The van der Waals surface area contributed by atoms with Gasteiger partial charge in [-0.15, -0.1) is 0 Å². The van der Waals surface area contributed by atoms with Gasteiger partial charge in [0.25, 0.3) is 0 Å². The number of carbonyl (C=O) groups is 1. The summed E-state index contributed by atoms with van der Waals surface area (Å²) in [5.74, 6) is 0.0615. The molecule has 0 aliphatic rings. The zero-order chi connectivity index (χ0) is 17.0. The molecule has 0 atom stereocenters. The zero-order valence-corrected chi connectivity index (χ0v) is 13.4. The second kappa shape index (κ2) is 7.13. The maximum absolute atomic E-state index is 12.8. The highest BCUT2D eigenvalue weighted by atomic mass is 32.1. The molecule has 0 saturated heterocycles. The van der Waals surface area contributed by atoms with Crippen molar-refractivity contribution in [2.75, 3.05) is 11.2 Å². The van der Waals surface area contributed by atoms with Gasteiger partial charge < -0.3 is 15.4 Å². The maximum Gasteiger partial charge on any atom is 0.418 e. The summed E-state index contributed by atoms with van der Waals surface area (Å²) in [5.41, 5.74) is -0.972. The topological polar surface area (TPSA) is 50.4 Å². The molecule has 8 heteroatoms. The van der Waals surface area contributed by atoms with Crippen molar-refractivity contribution in [3.63, 3.8) is 0 Å². The van der Waals surface area contributed by atoms with Crippen molar-refractivity contribution in [2.24, 2.45) is 0 Å². The first-order valence-electron chi connectivity index (χ1n) is 6.54. The maximum atomic E-state index is 12.8. The van der Waals surface area contributed by atoms with Crippen LogP contribution in [0.2, 0.25) is 0 Å². The Labute approximate surface area is 132 Å². The molecule has 124 valence electrons. The van der Waals surface area contributed by atoms with Crippen molar-refractivity contribution in [2.45, 2.75) is 39.1 Å². The third-order valence-electron chi connectivity index (χ3n) is 2.49. The molecule has 1 aromatic rings. The summed E-state index contributed by atoms with van der Waals surface area (Å²) >= 11 is 3.87. The van der Waals surface area contributed by atoms with Gasteiger partial charge in [0.05, 0.1) is 11.4 Å². The molecule has 0 spiro atoms. The number of alkyl carbamates (subject to hydrolysis) is 1. The van der Waals surface area contributed by atoms with E-state index in [1.807, 2.05) is 0 Å². The van der Waals surface area contributed by atoms with Gasteiger partial charge in [0.15, 0.2) is 0 Å². The van der Waals surface area contributed by atoms with Gasteiger partial charge in [0, 0.05) is 12.2 Å². The second-order valence-electron chi connectivity index (χ2n) is 5.57. The van der Waals surface area contributed by atoms with E-state index in [-0.39, 0.29) is 18.1 Å². The Morgan fingerprint density at radius 3 is 2.41 bits per heavy atom. The number of carbonyl (C=O) groups excluding carboxylic acids is 1. The number of hydrogen-bond donors (Lipinski definition) is 3. The Morgan fingerprint density at radius 2 is 1.91 bits per heavy atom. The van der Waals surface area contributed by atoms with Crippen LogP contribution in [0, 0.1) is 0 Å². The summed E-state index contributed by atoms with van der Waals surface area (Å²) in [7, 11) is 0. The fourth-order valence-corrected chi connectivity index (χ4v) is 1.84. The smallest absolute Gasteiger partial charge is 0.418 e. The Morgan fingerprint density at radius 1 is 1.27 bits per heavy atom. The van der Waals surface area contributed by atoms with Crippen LogP contribution in [-0.2, 0) is 17.5 Å². The monoisotopic (exact) mass is 336 g/mol. The quantitative estimate of drug-likeness (QED) is 0.575. The van der Waals surface area contributed by atoms with Gasteiger partial charge in [0.2, 0.25) is 0 Å². The highest BCUT2D eigenvalue weighted by Gasteiger charge is 2.33. The number of alkyl halides is 3. The van der Waals surface area contributed by atoms with Crippen LogP contribution in [0.25, 0.3) is 0 Å². The van der Waals surface area contributed by atoms with Gasteiger partial charge in [-0.3, -0.25) is 0 Å². The number of amides is 1. The lowest BCUT2D eigenvalue weighted by Gasteiger charge is -2.20. The van der Waals surface area contributed by atoms with Crippen LogP contribution in [0.4, 0.5) is 23.7 Å². The fourth-order valence-electron chi connectivity index (χ4n) is 1.67. The van der Waals surface area contributed by atoms with Crippen LogP contribution in [0.5, 0.6) is 0 Å². The Hall–Kier alpha value is -1.57. The summed E-state index contributed by atoms with van der Waals surface area (Å²) in [6.45, 7) is 5.23. The minimum absolute atomic E-state index is 0.0615. The highest BCUT2D eigenvalue weighted by molar-refractivity contribution is 7.80. The number of anilines is 1. The molecule has 0 aromatic heterocycles. The number of hydrogen-bond acceptors (Lipinski definition) is 4. The third-order valence-corrected chi connectivity index (χ3v) is 2.65. The van der Waals surface area contributed by atoms with Gasteiger partial charge in [-0.25, -0.2) is 4.79 Å². The number of benzene rings is 1. The standard InChI is InChI=1S/C14H19F3N2O2S/c1-13(2,3)21-12(20)18-7-9-4-5-10(14(15,16)17)11(6-9)19-8-22/h4-6,19,22H,7-8H2,1-3H3,(H,18,20). The average Bonchev–Trinajstić information content (AvgIpc) is 2.33. The molecule has 1 aromatic carbocycles. The molecule has 22 heavy (non-hydrogen) atoms. The molecule has 0 unspecified atom stereocenters. The summed E-state index contributed by atoms with van der Waals surface area (Å²) in [6, 6.07) is 3.61. The first-order chi connectivity index (χ1) is 10.0. The van der Waals surface area contributed by atoms with E-state index in [9.17, 15) is 18.0 Å². The van der Waals surface area contributed by atoms with Crippen molar-refractivity contribution in [1.29, 1.82) is 0 Å². The summed E-state index contributed by atoms with van der Waals surface area (Å²) in [6.07, 6.45) is -5.08. The van der Waals surface area contributed by atoms with Crippen molar-refractivity contribution < 1.29 is 22.7 Å². The average molecular weight is 336 g/mol. The van der Waals surface area contributed by atoms with Gasteiger partial charge in [-0.1, -0.05) is 6.07 Å². The van der Waals surface area contributed by atoms with Crippen LogP contribution >= 0.6 is 12.6 Å². The van der Waals surface area contributed by atoms with Crippen molar-refractivity contribution in [3.05, 3.63) is 29.3 Å². The number of ether oxygens (including phenoxy) is 1. The molecule has 0 radical (unpaired) electrons. The molecule has 0 heterocycles. The molecule has 1 amide bonds. The normalized spacial score (nSPS) is 12.0. The second-order valence-corrected chi connectivity index (χ2v) is 5.88. The lowest BCUT2D eigenvalue weighted by Crippen LogP contribution is -2.32. The van der Waals surface area contributed by atoms with E-state index in [0.29, 0.717) is 5.56 Å². The van der Waals surface area contributed by atoms with Gasteiger partial charge in [-0.05, 0) is 38.5 Å². The van der Waals surface area contributed by atoms with Crippen molar-refractivity contribution in [3.8, 4) is 0 Å². The van der Waals surface area contributed by atoms with Crippen LogP contribution in [0.15, 0.2) is 18.2 Å². The molecular formula is C14H19F3N2O2S. The molecule has 0 saturated carbocycles. The van der Waals surface area contributed by atoms with E-state index in [0.717, 1.165) is 6.07 Å². The Kier molecular flexibility index (Phi) is 5.99. The largest absolute Gasteiger partial charge is 0.444 e. The van der Waals surface area contributed by atoms with E-state index < -0.39 is 23.4 Å². The number of thiol groups is 1. The van der Waals surface area contributed by atoms with Crippen LogP contribution in [-0.4, -0.2) is 17.6 Å². The summed E-state index contributed by atoms with van der Waals surface area (Å²) in [5, 5.41) is 5.04. The lowest BCUT2D eigenvalue weighted by molar-refractivity contribution is -0.136. The van der Waals surface area contributed by atoms with Crippen molar-refractivity contribution in [1.82, 2.24) is 5.32 Å². The van der Waals surface area contributed by atoms with Crippen molar-refractivity contribution >= 4 is 24.4 Å². The molecule has 0 aliphatic carbocycles. The molecule has 1 rings (SSSR count). The highest BCUT2D eigenvalue weighted by Crippen LogP contribution is 2.35. The number of rotatable bonds is 4. The number of nitrogens with one attached hydrogen (secondary N) is 2. The lowest BCUT2D eigenvalue weighted by atomic mass is 10.1. The molecule has 2 N–H and O–H groups in total. The van der Waals surface area contributed by atoms with E-state index >= 15 is 0 Å². The van der Waals surface area contributed by atoms with Gasteiger partial charge >= 0.3 is 12.3 Å². The molecule has 4 nitrogen and oxygen atoms in total. The fraction of sp³-hybridized carbons (Fsp3) is 0.500. The van der Waals surface area contributed by atoms with E-state index in [4.69, 9.17) is 4.74 Å². The zero-order valence-electron chi connectivity index (χ0n) is 12.5. The van der Waals surface area contributed by atoms with E-state index in [1.165, 1.54) is 12.1 Å². The first kappa shape index (κ1) is 18.5. The van der Waals surface area contributed by atoms with Gasteiger partial charge in [0.1, 0.15) is 5.60 Å². The summed E-state index contributed by atoms with van der Waals surface area (Å²) in [4.78, 5) is 11.5. The predicted octanol–water partition coefficient (Wildman–Crippen LogP) is 4.03. The predicted molar refractivity (Wildman–Crippen MR) is 82.0 cm³/mol. The summed E-state index contributed by atoms with van der Waals surface area (Å²) < 4.78 is 43.6. The first-order valence-corrected chi connectivity index (χ1v) is 7.18. The molecular weight excluding hydrogens is 317 g/mol. The molecule has 0 aliphatic heterocycles. The Balaban J connectivity index is 2.81.